The van der Waals surface area contributed by atoms with Gasteiger partial charge in [0.05, 0.1) is 17.7 Å². The molecule has 0 radical (unpaired) electrons. The van der Waals surface area contributed by atoms with Crippen LogP contribution in [0.3, 0.4) is 0 Å². The first-order valence-corrected chi connectivity index (χ1v) is 11.3. The number of amides is 1. The molecule has 4 rings (SSSR count). The predicted molar refractivity (Wildman–Crippen MR) is 132 cm³/mol. The molecule has 0 atom stereocenters. The SMILES string of the molecule is COc1ccc(OCCOc2ccc(C=C3SC(=S)N(c4cccc(F)c4)C3=O)cc2)cc1. The van der Waals surface area contributed by atoms with Gasteiger partial charge in [0.15, 0.2) is 4.32 Å². The summed E-state index contributed by atoms with van der Waals surface area (Å²) in [5.74, 6) is 1.51. The van der Waals surface area contributed by atoms with Gasteiger partial charge >= 0.3 is 0 Å². The number of carbonyl (C=O) groups is 1. The van der Waals surface area contributed by atoms with E-state index in [-0.39, 0.29) is 5.91 Å². The Morgan fingerprint density at radius 2 is 1.55 bits per heavy atom. The van der Waals surface area contributed by atoms with Gasteiger partial charge in [0.2, 0.25) is 0 Å². The van der Waals surface area contributed by atoms with Crippen LogP contribution in [-0.2, 0) is 4.79 Å². The maximum Gasteiger partial charge on any atom is 0.270 e. The molecule has 0 bridgehead atoms. The lowest BCUT2D eigenvalue weighted by Gasteiger charge is -2.14. The fraction of sp³-hybridized carbons (Fsp3) is 0.120. The molecule has 168 valence electrons. The molecule has 1 fully saturated rings. The number of benzene rings is 3. The van der Waals surface area contributed by atoms with E-state index in [9.17, 15) is 9.18 Å². The molecule has 33 heavy (non-hydrogen) atoms. The van der Waals surface area contributed by atoms with Crippen LogP contribution in [0.15, 0.2) is 77.7 Å². The first-order valence-electron chi connectivity index (χ1n) is 10.1. The van der Waals surface area contributed by atoms with E-state index in [4.69, 9.17) is 26.4 Å². The van der Waals surface area contributed by atoms with Crippen LogP contribution in [0.25, 0.3) is 6.08 Å². The number of hydrogen-bond donors (Lipinski definition) is 0. The van der Waals surface area contributed by atoms with Crippen molar-refractivity contribution in [3.63, 3.8) is 0 Å². The predicted octanol–water partition coefficient (Wildman–Crippen LogP) is 5.70. The second kappa shape index (κ2) is 10.5. The maximum atomic E-state index is 13.6. The van der Waals surface area contributed by atoms with Crippen LogP contribution in [0.2, 0.25) is 0 Å². The Bertz CT molecular complexity index is 1180. The summed E-state index contributed by atoms with van der Waals surface area (Å²) in [4.78, 5) is 14.6. The third-order valence-corrected chi connectivity index (χ3v) is 6.02. The van der Waals surface area contributed by atoms with Crippen LogP contribution in [0.4, 0.5) is 10.1 Å². The van der Waals surface area contributed by atoms with E-state index in [2.05, 4.69) is 0 Å². The summed E-state index contributed by atoms with van der Waals surface area (Å²) in [7, 11) is 1.62. The Balaban J connectivity index is 1.32. The molecule has 0 aromatic heterocycles. The second-order valence-electron chi connectivity index (χ2n) is 6.94. The van der Waals surface area contributed by atoms with Gasteiger partial charge in [-0.25, -0.2) is 4.39 Å². The molecule has 1 aliphatic heterocycles. The number of carbonyl (C=O) groups excluding carboxylic acids is 1. The third-order valence-electron chi connectivity index (χ3n) is 4.72. The Kier molecular flexibility index (Phi) is 7.26. The standard InChI is InChI=1S/C25H20FNO4S2/c1-29-20-9-11-22(12-10-20)31-14-13-30-21-7-5-17(6-8-21)15-23-24(28)27(25(32)33-23)19-4-2-3-18(26)16-19/h2-12,15-16H,13-14H2,1H3. The summed E-state index contributed by atoms with van der Waals surface area (Å²) in [6, 6.07) is 20.5. The maximum absolute atomic E-state index is 13.6. The first-order chi connectivity index (χ1) is 16.0. The normalized spacial score (nSPS) is 14.6. The quantitative estimate of drug-likeness (QED) is 0.234. The van der Waals surface area contributed by atoms with Crippen molar-refractivity contribution in [2.75, 3.05) is 25.2 Å². The number of anilines is 1. The van der Waals surface area contributed by atoms with Crippen molar-refractivity contribution >= 4 is 46.0 Å². The number of methoxy groups -OCH3 is 1. The molecule has 1 saturated heterocycles. The smallest absolute Gasteiger partial charge is 0.270 e. The highest BCUT2D eigenvalue weighted by molar-refractivity contribution is 8.27. The van der Waals surface area contributed by atoms with Crippen molar-refractivity contribution < 1.29 is 23.4 Å². The average Bonchev–Trinajstić information content (AvgIpc) is 3.10. The van der Waals surface area contributed by atoms with Crippen molar-refractivity contribution in [2.24, 2.45) is 0 Å². The van der Waals surface area contributed by atoms with E-state index in [1.807, 2.05) is 48.5 Å². The minimum absolute atomic E-state index is 0.272. The Hall–Kier alpha value is -3.36. The van der Waals surface area contributed by atoms with E-state index < -0.39 is 5.82 Å². The van der Waals surface area contributed by atoms with Crippen LogP contribution in [0.5, 0.6) is 17.2 Å². The molecule has 5 nitrogen and oxygen atoms in total. The Morgan fingerprint density at radius 3 is 2.15 bits per heavy atom. The van der Waals surface area contributed by atoms with Gasteiger partial charge in [0.25, 0.3) is 5.91 Å². The zero-order valence-corrected chi connectivity index (χ0v) is 19.3. The molecule has 0 aliphatic carbocycles. The van der Waals surface area contributed by atoms with E-state index in [1.165, 1.54) is 28.8 Å². The molecule has 0 spiro atoms. The number of thioether (sulfide) groups is 1. The van der Waals surface area contributed by atoms with Crippen molar-refractivity contribution in [2.45, 2.75) is 0 Å². The Labute approximate surface area is 200 Å². The monoisotopic (exact) mass is 481 g/mol. The molecular weight excluding hydrogens is 461 g/mol. The van der Waals surface area contributed by atoms with Gasteiger partial charge in [-0.3, -0.25) is 9.69 Å². The highest BCUT2D eigenvalue weighted by atomic mass is 32.2. The van der Waals surface area contributed by atoms with Gasteiger partial charge in [-0.1, -0.05) is 42.2 Å². The van der Waals surface area contributed by atoms with Crippen molar-refractivity contribution in [1.29, 1.82) is 0 Å². The minimum Gasteiger partial charge on any atom is -0.497 e. The fourth-order valence-corrected chi connectivity index (χ4v) is 4.41. The molecule has 0 unspecified atom stereocenters. The van der Waals surface area contributed by atoms with Gasteiger partial charge in [0, 0.05) is 0 Å². The number of hydrogen-bond acceptors (Lipinski definition) is 6. The van der Waals surface area contributed by atoms with Crippen LogP contribution in [0, 0.1) is 5.82 Å². The molecule has 1 amide bonds. The van der Waals surface area contributed by atoms with E-state index in [1.54, 1.807) is 25.3 Å². The minimum atomic E-state index is -0.421. The zero-order valence-electron chi connectivity index (χ0n) is 17.7. The summed E-state index contributed by atoms with van der Waals surface area (Å²) in [6.07, 6.45) is 1.76. The summed E-state index contributed by atoms with van der Waals surface area (Å²) < 4.78 is 30.4. The number of nitrogens with zero attached hydrogens (tertiary/aromatic N) is 1. The Morgan fingerprint density at radius 1 is 0.939 bits per heavy atom. The third kappa shape index (κ3) is 5.71. The van der Waals surface area contributed by atoms with E-state index >= 15 is 0 Å². The first kappa shape index (κ1) is 22.8. The topological polar surface area (TPSA) is 48.0 Å². The average molecular weight is 482 g/mol. The number of rotatable bonds is 8. The van der Waals surface area contributed by atoms with E-state index in [0.29, 0.717) is 33.9 Å². The molecule has 1 aliphatic rings. The van der Waals surface area contributed by atoms with Gasteiger partial charge in [-0.15, -0.1) is 0 Å². The van der Waals surface area contributed by atoms with E-state index in [0.717, 1.165) is 17.1 Å². The lowest BCUT2D eigenvalue weighted by atomic mass is 10.2. The lowest BCUT2D eigenvalue weighted by Crippen LogP contribution is -2.27. The molecule has 1 heterocycles. The number of thiocarbonyl (C=S) groups is 1. The second-order valence-corrected chi connectivity index (χ2v) is 8.61. The zero-order chi connectivity index (χ0) is 23.2. The summed E-state index contributed by atoms with van der Waals surface area (Å²) in [5.41, 5.74) is 1.25. The van der Waals surface area contributed by atoms with Crippen LogP contribution < -0.4 is 19.1 Å². The lowest BCUT2D eigenvalue weighted by molar-refractivity contribution is -0.113. The molecule has 0 saturated carbocycles. The molecule has 8 heteroatoms. The van der Waals surface area contributed by atoms with Gasteiger partial charge < -0.3 is 14.2 Å². The van der Waals surface area contributed by atoms with Crippen molar-refractivity contribution in [1.82, 2.24) is 0 Å². The number of ether oxygens (including phenoxy) is 3. The molecular formula is C25H20FNO4S2. The van der Waals surface area contributed by atoms with Crippen LogP contribution in [0.1, 0.15) is 5.56 Å². The van der Waals surface area contributed by atoms with Crippen molar-refractivity contribution in [3.8, 4) is 17.2 Å². The molecule has 3 aromatic rings. The van der Waals surface area contributed by atoms with Crippen LogP contribution >= 0.6 is 24.0 Å². The van der Waals surface area contributed by atoms with Crippen LogP contribution in [-0.4, -0.2) is 30.6 Å². The summed E-state index contributed by atoms with van der Waals surface area (Å²) in [6.45, 7) is 0.786. The summed E-state index contributed by atoms with van der Waals surface area (Å²) >= 11 is 6.52. The highest BCUT2D eigenvalue weighted by Crippen LogP contribution is 2.36. The molecule has 3 aromatic carbocycles. The van der Waals surface area contributed by atoms with Gasteiger partial charge in [0.1, 0.15) is 36.3 Å². The van der Waals surface area contributed by atoms with Gasteiger partial charge in [-0.2, -0.15) is 0 Å². The fourth-order valence-electron chi connectivity index (χ4n) is 3.11. The van der Waals surface area contributed by atoms with Gasteiger partial charge in [-0.05, 0) is 66.2 Å². The van der Waals surface area contributed by atoms with Crippen molar-refractivity contribution in [3.05, 3.63) is 89.1 Å². The highest BCUT2D eigenvalue weighted by Gasteiger charge is 2.33. The largest absolute Gasteiger partial charge is 0.497 e. The molecule has 0 N–H and O–H groups in total. The number of halogens is 1. The summed E-state index contributed by atoms with van der Waals surface area (Å²) in [5, 5.41) is 0.